The number of pyridine rings is 1. The second-order valence-corrected chi connectivity index (χ2v) is 10.0. The molecular weight excluding hydrogens is 631 g/mol. The van der Waals surface area contributed by atoms with E-state index < -0.39 is 0 Å². The first-order valence-corrected chi connectivity index (χ1v) is 14.2. The van der Waals surface area contributed by atoms with Gasteiger partial charge in [-0.3, -0.25) is 9.98 Å². The van der Waals surface area contributed by atoms with E-state index in [4.69, 9.17) is 26.6 Å². The maximum Gasteiger partial charge on any atom is 0.0864 e. The number of hydrogen-bond acceptors (Lipinski definition) is 3. The molecule has 1 heterocycles. The van der Waals surface area contributed by atoms with Crippen molar-refractivity contribution in [3.05, 3.63) is 86.2 Å². The van der Waals surface area contributed by atoms with Crippen LogP contribution in [0.15, 0.2) is 46.4 Å². The van der Waals surface area contributed by atoms with Gasteiger partial charge in [0.2, 0.25) is 0 Å². The largest absolute Gasteiger partial charge is 1.00 e. The second-order valence-electron chi connectivity index (χ2n) is 9.60. The zero-order valence-electron chi connectivity index (χ0n) is 25.5. The standard InChI is InChI=1S/C33H42ClN3.3ClH.V/c1-9-23-15-25(11-3)32(26(12-4)16-23)35-21(7)30-19-29(34)20-31(37-30)22(8)36-33-27(13-5)17-24(10-2)18-28(33)14-6;;;;/h15-20H,9-14H2,1-8H3;3*1H;/p-3. The first-order chi connectivity index (χ1) is 17.8. The summed E-state index contributed by atoms with van der Waals surface area (Å²) in [5.74, 6) is 0. The molecule has 225 valence electrons. The molecule has 0 unspecified atom stereocenters. The minimum atomic E-state index is 0. The number of nitrogens with zero attached hydrogens (tertiary/aromatic N) is 3. The van der Waals surface area contributed by atoms with Gasteiger partial charge in [0.1, 0.15) is 0 Å². The van der Waals surface area contributed by atoms with E-state index in [1.54, 1.807) is 0 Å². The monoisotopic (exact) mass is 671 g/mol. The molecule has 1 aromatic heterocycles. The van der Waals surface area contributed by atoms with Crippen LogP contribution in [0.2, 0.25) is 5.02 Å². The molecule has 2 aromatic carbocycles. The molecule has 0 aliphatic carbocycles. The van der Waals surface area contributed by atoms with Crippen LogP contribution in [0.3, 0.4) is 0 Å². The molecule has 0 atom stereocenters. The third-order valence-electron chi connectivity index (χ3n) is 7.09. The summed E-state index contributed by atoms with van der Waals surface area (Å²) in [7, 11) is 0. The number of aromatic nitrogens is 1. The van der Waals surface area contributed by atoms with Crippen molar-refractivity contribution >= 4 is 34.4 Å². The summed E-state index contributed by atoms with van der Waals surface area (Å²) in [6.07, 6.45) is 5.85. The Balaban J connectivity index is 0. The van der Waals surface area contributed by atoms with Gasteiger partial charge >= 0.3 is 0 Å². The van der Waals surface area contributed by atoms with Crippen molar-refractivity contribution < 1.29 is 55.8 Å². The minimum Gasteiger partial charge on any atom is -1.00 e. The van der Waals surface area contributed by atoms with Crippen LogP contribution in [0.25, 0.3) is 0 Å². The third kappa shape index (κ3) is 10.4. The van der Waals surface area contributed by atoms with Crippen molar-refractivity contribution in [2.24, 2.45) is 9.98 Å². The van der Waals surface area contributed by atoms with Crippen LogP contribution in [-0.4, -0.2) is 16.4 Å². The quantitative estimate of drug-likeness (QED) is 0.288. The van der Waals surface area contributed by atoms with E-state index in [2.05, 4.69) is 65.8 Å². The van der Waals surface area contributed by atoms with Gasteiger partial charge in [0, 0.05) is 23.6 Å². The second kappa shape index (κ2) is 19.8. The summed E-state index contributed by atoms with van der Waals surface area (Å²) in [5, 5.41) is 0.643. The predicted octanol–water partition coefficient (Wildman–Crippen LogP) is 0.400. The van der Waals surface area contributed by atoms with E-state index in [0.717, 1.165) is 72.7 Å². The van der Waals surface area contributed by atoms with Gasteiger partial charge in [0.05, 0.1) is 34.2 Å². The Morgan fingerprint density at radius 3 is 1.10 bits per heavy atom. The van der Waals surface area contributed by atoms with Crippen molar-refractivity contribution in [1.29, 1.82) is 0 Å². The van der Waals surface area contributed by atoms with Crippen LogP contribution in [0.5, 0.6) is 0 Å². The molecule has 0 fully saturated rings. The number of rotatable bonds is 10. The van der Waals surface area contributed by atoms with Crippen LogP contribution in [0.4, 0.5) is 11.4 Å². The number of benzene rings is 2. The molecule has 0 amide bonds. The Labute approximate surface area is 283 Å². The van der Waals surface area contributed by atoms with Crippen molar-refractivity contribution in [2.45, 2.75) is 93.9 Å². The van der Waals surface area contributed by atoms with Gasteiger partial charge in [0.15, 0.2) is 0 Å². The molecular formula is C33H42Cl4N3V-3. The van der Waals surface area contributed by atoms with E-state index in [1.807, 2.05) is 26.0 Å². The van der Waals surface area contributed by atoms with Crippen LogP contribution in [-0.2, 0) is 57.1 Å². The van der Waals surface area contributed by atoms with Crippen molar-refractivity contribution in [1.82, 2.24) is 4.98 Å². The average molecular weight is 673 g/mol. The van der Waals surface area contributed by atoms with Gasteiger partial charge in [-0.25, -0.2) is 4.98 Å². The maximum absolute atomic E-state index is 6.61. The summed E-state index contributed by atoms with van der Waals surface area (Å²) in [6, 6.07) is 13.0. The molecule has 8 heteroatoms. The summed E-state index contributed by atoms with van der Waals surface area (Å²) >= 11 is 6.61. The number of hydrogen-bond donors (Lipinski definition) is 0. The van der Waals surface area contributed by atoms with Gasteiger partial charge in [0.25, 0.3) is 0 Å². The van der Waals surface area contributed by atoms with E-state index in [0.29, 0.717) is 5.02 Å². The van der Waals surface area contributed by atoms with Crippen LogP contribution < -0.4 is 37.2 Å². The molecule has 0 spiro atoms. The Bertz CT molecular complexity index is 1190. The van der Waals surface area contributed by atoms with Crippen LogP contribution in [0, 0.1) is 0 Å². The summed E-state index contributed by atoms with van der Waals surface area (Å²) in [5.41, 5.74) is 13.3. The van der Waals surface area contributed by atoms with Gasteiger partial charge in [-0.1, -0.05) is 77.4 Å². The molecule has 3 nitrogen and oxygen atoms in total. The van der Waals surface area contributed by atoms with Gasteiger partial charge in [-0.05, 0) is 97.9 Å². The average Bonchev–Trinajstić information content (AvgIpc) is 2.92. The fourth-order valence-electron chi connectivity index (χ4n) is 4.76. The molecule has 0 bridgehead atoms. The third-order valence-corrected chi connectivity index (χ3v) is 7.30. The Hall–Kier alpha value is -1.33. The fourth-order valence-corrected chi connectivity index (χ4v) is 4.96. The Morgan fingerprint density at radius 1 is 0.561 bits per heavy atom. The molecule has 0 saturated carbocycles. The molecule has 41 heavy (non-hydrogen) atoms. The van der Waals surface area contributed by atoms with Crippen LogP contribution >= 0.6 is 11.6 Å². The first-order valence-electron chi connectivity index (χ1n) is 13.9. The summed E-state index contributed by atoms with van der Waals surface area (Å²) in [4.78, 5) is 15.2. The van der Waals surface area contributed by atoms with Gasteiger partial charge in [-0.2, -0.15) is 0 Å². The molecule has 3 aromatic rings. The van der Waals surface area contributed by atoms with E-state index in [-0.39, 0.29) is 55.8 Å². The number of aryl methyl sites for hydroxylation is 6. The summed E-state index contributed by atoms with van der Waals surface area (Å²) in [6.45, 7) is 17.2. The smallest absolute Gasteiger partial charge is 0.0864 e. The molecule has 0 saturated heterocycles. The number of halogens is 4. The Morgan fingerprint density at radius 2 is 0.854 bits per heavy atom. The fraction of sp³-hybridized carbons (Fsp3) is 0.424. The molecule has 0 aliphatic heterocycles. The summed E-state index contributed by atoms with van der Waals surface area (Å²) < 4.78 is 0. The predicted molar refractivity (Wildman–Crippen MR) is 162 cm³/mol. The SMILES string of the molecule is CCc1cc(CC)c(N=C(C)c2cc(Cl)cc(C(C)=Nc3c(CC)cc(CC)cc3CC)n2)c(CC)c1.[Cl-].[Cl-].[Cl-].[V]. The zero-order valence-corrected chi connectivity index (χ0v) is 29.9. The topological polar surface area (TPSA) is 37.6 Å². The van der Waals surface area contributed by atoms with Crippen LogP contribution in [0.1, 0.15) is 100 Å². The van der Waals surface area contributed by atoms with Crippen molar-refractivity contribution in [2.75, 3.05) is 0 Å². The number of aliphatic imine (C=N–C) groups is 2. The molecule has 0 N–H and O–H groups in total. The molecule has 1 radical (unpaired) electrons. The molecule has 3 rings (SSSR count). The first kappa shape index (κ1) is 41.8. The zero-order chi connectivity index (χ0) is 27.1. The van der Waals surface area contributed by atoms with Crippen molar-refractivity contribution in [3.63, 3.8) is 0 Å². The van der Waals surface area contributed by atoms with Crippen molar-refractivity contribution in [3.8, 4) is 0 Å². The van der Waals surface area contributed by atoms with Gasteiger partial charge in [-0.15, -0.1) is 0 Å². The van der Waals surface area contributed by atoms with E-state index in [9.17, 15) is 0 Å². The van der Waals surface area contributed by atoms with E-state index in [1.165, 1.54) is 33.4 Å². The molecule has 0 aliphatic rings. The van der Waals surface area contributed by atoms with E-state index >= 15 is 0 Å². The maximum atomic E-state index is 6.61. The Kier molecular flexibility index (Phi) is 20.2. The van der Waals surface area contributed by atoms with Gasteiger partial charge < -0.3 is 37.2 Å². The minimum absolute atomic E-state index is 0. The normalized spacial score (nSPS) is 11.1.